The van der Waals surface area contributed by atoms with E-state index in [-0.39, 0.29) is 5.91 Å². The third-order valence-electron chi connectivity index (χ3n) is 5.11. The van der Waals surface area contributed by atoms with Gasteiger partial charge < -0.3 is 14.2 Å². The van der Waals surface area contributed by atoms with Gasteiger partial charge in [-0.3, -0.25) is 4.79 Å². The van der Waals surface area contributed by atoms with E-state index in [1.807, 2.05) is 17.0 Å². The highest BCUT2D eigenvalue weighted by Gasteiger charge is 2.28. The quantitative estimate of drug-likeness (QED) is 0.859. The van der Waals surface area contributed by atoms with Gasteiger partial charge in [0.25, 0.3) is 5.91 Å². The number of fused-ring (bicyclic) bond motifs is 1. The van der Waals surface area contributed by atoms with Gasteiger partial charge in [0.05, 0.1) is 7.11 Å². The van der Waals surface area contributed by atoms with Gasteiger partial charge in [-0.1, -0.05) is 23.4 Å². The van der Waals surface area contributed by atoms with Crippen LogP contribution in [0.5, 0.6) is 5.75 Å². The van der Waals surface area contributed by atoms with Crippen LogP contribution in [-0.2, 0) is 12.8 Å². The molecule has 0 spiro atoms. The summed E-state index contributed by atoms with van der Waals surface area (Å²) in [6.45, 7) is 1.32. The molecule has 130 valence electrons. The molecule has 2 aliphatic rings. The fourth-order valence-electron chi connectivity index (χ4n) is 3.62. The Hall–Kier alpha value is -2.56. The number of amides is 1. The SMILES string of the molecule is COc1ccc(C2=CCN(C(=O)c3noc4c3CCCC4)CC2)cc1. The molecule has 2 heterocycles. The molecule has 0 unspecified atom stereocenters. The van der Waals surface area contributed by atoms with Crippen molar-refractivity contribution in [1.82, 2.24) is 10.1 Å². The average Bonchev–Trinajstić information content (AvgIpc) is 3.12. The molecule has 1 amide bonds. The normalized spacial score (nSPS) is 17.0. The molecule has 0 fully saturated rings. The van der Waals surface area contributed by atoms with E-state index in [1.165, 1.54) is 11.1 Å². The monoisotopic (exact) mass is 338 g/mol. The first-order chi connectivity index (χ1) is 12.3. The highest BCUT2D eigenvalue weighted by atomic mass is 16.5. The molecular formula is C20H22N2O3. The lowest BCUT2D eigenvalue weighted by atomic mass is 9.95. The standard InChI is InChI=1S/C20H22N2O3/c1-24-16-8-6-14(7-9-16)15-10-12-22(13-11-15)20(23)19-17-4-2-3-5-18(17)25-21-19/h6-10H,2-5,11-13H2,1H3. The van der Waals surface area contributed by atoms with Crippen molar-refractivity contribution >= 4 is 11.5 Å². The van der Waals surface area contributed by atoms with Crippen LogP contribution < -0.4 is 4.74 Å². The van der Waals surface area contributed by atoms with E-state index in [2.05, 4.69) is 23.4 Å². The second-order valence-corrected chi connectivity index (χ2v) is 6.60. The molecule has 5 nitrogen and oxygen atoms in total. The van der Waals surface area contributed by atoms with Crippen LogP contribution in [0.15, 0.2) is 34.9 Å². The molecule has 1 aliphatic carbocycles. The van der Waals surface area contributed by atoms with Crippen molar-refractivity contribution in [2.45, 2.75) is 32.1 Å². The van der Waals surface area contributed by atoms with Gasteiger partial charge in [0, 0.05) is 25.1 Å². The van der Waals surface area contributed by atoms with E-state index in [1.54, 1.807) is 7.11 Å². The Bertz CT molecular complexity index is 805. The maximum atomic E-state index is 12.8. The van der Waals surface area contributed by atoms with E-state index < -0.39 is 0 Å². The van der Waals surface area contributed by atoms with Gasteiger partial charge >= 0.3 is 0 Å². The maximum absolute atomic E-state index is 12.8. The number of carbonyl (C=O) groups excluding carboxylic acids is 1. The average molecular weight is 338 g/mol. The molecule has 0 N–H and O–H groups in total. The number of hydrogen-bond acceptors (Lipinski definition) is 4. The van der Waals surface area contributed by atoms with E-state index in [4.69, 9.17) is 9.26 Å². The fourth-order valence-corrected chi connectivity index (χ4v) is 3.62. The van der Waals surface area contributed by atoms with Gasteiger partial charge in [0.1, 0.15) is 11.5 Å². The lowest BCUT2D eigenvalue weighted by Crippen LogP contribution is -2.35. The smallest absolute Gasteiger partial charge is 0.276 e. The lowest BCUT2D eigenvalue weighted by Gasteiger charge is -2.26. The van der Waals surface area contributed by atoms with Gasteiger partial charge in [-0.15, -0.1) is 0 Å². The Morgan fingerprint density at radius 1 is 1.16 bits per heavy atom. The van der Waals surface area contributed by atoms with Gasteiger partial charge in [-0.2, -0.15) is 0 Å². The molecule has 1 aromatic heterocycles. The Labute approximate surface area is 147 Å². The summed E-state index contributed by atoms with van der Waals surface area (Å²) in [7, 11) is 1.67. The van der Waals surface area contributed by atoms with Crippen molar-refractivity contribution in [3.8, 4) is 5.75 Å². The molecule has 25 heavy (non-hydrogen) atoms. The molecule has 1 aliphatic heterocycles. The molecule has 4 rings (SSSR count). The van der Waals surface area contributed by atoms with Crippen LogP contribution in [0.1, 0.15) is 46.6 Å². The summed E-state index contributed by atoms with van der Waals surface area (Å²) in [5, 5.41) is 4.07. The first-order valence-corrected chi connectivity index (χ1v) is 8.86. The Kier molecular flexibility index (Phi) is 4.30. The van der Waals surface area contributed by atoms with Crippen LogP contribution in [0.4, 0.5) is 0 Å². The minimum Gasteiger partial charge on any atom is -0.497 e. The minimum absolute atomic E-state index is 0.00284. The van der Waals surface area contributed by atoms with Crippen LogP contribution in [-0.4, -0.2) is 36.2 Å². The van der Waals surface area contributed by atoms with Crippen molar-refractivity contribution in [3.63, 3.8) is 0 Å². The summed E-state index contributed by atoms with van der Waals surface area (Å²) in [4.78, 5) is 14.7. The summed E-state index contributed by atoms with van der Waals surface area (Å²) >= 11 is 0. The minimum atomic E-state index is -0.00284. The Balaban J connectivity index is 1.48. The number of rotatable bonds is 3. The van der Waals surface area contributed by atoms with Crippen molar-refractivity contribution < 1.29 is 14.1 Å². The Morgan fingerprint density at radius 2 is 1.96 bits per heavy atom. The van der Waals surface area contributed by atoms with Gasteiger partial charge in [-0.25, -0.2) is 0 Å². The number of aryl methyl sites for hydroxylation is 1. The molecule has 0 bridgehead atoms. The summed E-state index contributed by atoms with van der Waals surface area (Å²) < 4.78 is 10.6. The number of ether oxygens (including phenoxy) is 1. The van der Waals surface area contributed by atoms with E-state index in [0.29, 0.717) is 18.8 Å². The van der Waals surface area contributed by atoms with Crippen molar-refractivity contribution in [2.75, 3.05) is 20.2 Å². The van der Waals surface area contributed by atoms with Gasteiger partial charge in [0.15, 0.2) is 5.69 Å². The number of carbonyl (C=O) groups is 1. The summed E-state index contributed by atoms with van der Waals surface area (Å²) in [6, 6.07) is 8.07. The van der Waals surface area contributed by atoms with E-state index in [0.717, 1.165) is 49.2 Å². The second-order valence-electron chi connectivity index (χ2n) is 6.60. The molecule has 0 atom stereocenters. The summed E-state index contributed by atoms with van der Waals surface area (Å²) in [5.74, 6) is 1.76. The number of benzene rings is 1. The third-order valence-corrected chi connectivity index (χ3v) is 5.11. The lowest BCUT2D eigenvalue weighted by molar-refractivity contribution is 0.0761. The zero-order valence-corrected chi connectivity index (χ0v) is 14.5. The molecule has 1 aromatic carbocycles. The number of methoxy groups -OCH3 is 1. The maximum Gasteiger partial charge on any atom is 0.276 e. The number of nitrogens with zero attached hydrogens (tertiary/aromatic N) is 2. The van der Waals surface area contributed by atoms with Crippen molar-refractivity contribution in [1.29, 1.82) is 0 Å². The van der Waals surface area contributed by atoms with Crippen LogP contribution in [0.3, 0.4) is 0 Å². The first kappa shape index (κ1) is 15.9. The largest absolute Gasteiger partial charge is 0.497 e. The molecular weight excluding hydrogens is 316 g/mol. The van der Waals surface area contributed by atoms with E-state index in [9.17, 15) is 4.79 Å². The first-order valence-electron chi connectivity index (χ1n) is 8.86. The zero-order valence-electron chi connectivity index (χ0n) is 14.5. The topological polar surface area (TPSA) is 55.6 Å². The predicted octanol–water partition coefficient (Wildman–Crippen LogP) is 3.49. The summed E-state index contributed by atoms with van der Waals surface area (Å²) in [6.07, 6.45) is 7.01. The highest BCUT2D eigenvalue weighted by Crippen LogP contribution is 2.28. The van der Waals surface area contributed by atoms with Crippen LogP contribution in [0.25, 0.3) is 5.57 Å². The van der Waals surface area contributed by atoms with Crippen LogP contribution in [0, 0.1) is 0 Å². The summed E-state index contributed by atoms with van der Waals surface area (Å²) in [5.41, 5.74) is 4.01. The van der Waals surface area contributed by atoms with Crippen molar-refractivity contribution in [2.24, 2.45) is 0 Å². The fraction of sp³-hybridized carbons (Fsp3) is 0.400. The molecule has 0 saturated carbocycles. The molecule has 2 aromatic rings. The third kappa shape index (κ3) is 3.06. The zero-order chi connectivity index (χ0) is 17.2. The van der Waals surface area contributed by atoms with Crippen LogP contribution in [0.2, 0.25) is 0 Å². The second kappa shape index (κ2) is 6.75. The number of hydrogen-bond donors (Lipinski definition) is 0. The van der Waals surface area contributed by atoms with Crippen molar-refractivity contribution in [3.05, 3.63) is 52.9 Å². The number of aromatic nitrogens is 1. The van der Waals surface area contributed by atoms with E-state index >= 15 is 0 Å². The predicted molar refractivity (Wildman–Crippen MR) is 94.6 cm³/mol. The van der Waals surface area contributed by atoms with Gasteiger partial charge in [0.2, 0.25) is 0 Å². The molecule has 5 heteroatoms. The van der Waals surface area contributed by atoms with Gasteiger partial charge in [-0.05, 0) is 49.0 Å². The molecule has 0 radical (unpaired) electrons. The molecule has 0 saturated heterocycles. The van der Waals surface area contributed by atoms with Crippen LogP contribution >= 0.6 is 0 Å². The highest BCUT2D eigenvalue weighted by molar-refractivity contribution is 5.94. The Morgan fingerprint density at radius 3 is 2.68 bits per heavy atom.